The highest BCUT2D eigenvalue weighted by Gasteiger charge is 2.38. The first-order valence-electron chi connectivity index (χ1n) is 4.33. The lowest BCUT2D eigenvalue weighted by Crippen LogP contribution is -2.55. The molecule has 1 rings (SSSR count). The summed E-state index contributed by atoms with van der Waals surface area (Å²) < 4.78 is 4.73. The fourth-order valence-corrected chi connectivity index (χ4v) is 1.31. The van der Waals surface area contributed by atoms with Crippen LogP contribution < -0.4 is 5.32 Å². The molecular formula is C8H16ClNO3. The van der Waals surface area contributed by atoms with Gasteiger partial charge in [0.1, 0.15) is 0 Å². The minimum Gasteiger partial charge on any atom is -0.463 e. The molecule has 0 bridgehead atoms. The van der Waals surface area contributed by atoms with Gasteiger partial charge in [-0.05, 0) is 26.3 Å². The highest BCUT2D eigenvalue weighted by molar-refractivity contribution is 5.85. The third-order valence-corrected chi connectivity index (χ3v) is 2.00. The molecular weight excluding hydrogens is 194 g/mol. The fourth-order valence-electron chi connectivity index (χ4n) is 1.31. The minimum atomic E-state index is -1.42. The molecule has 1 heterocycles. The van der Waals surface area contributed by atoms with E-state index in [9.17, 15) is 9.90 Å². The Bertz CT molecular complexity index is 169. The van der Waals surface area contributed by atoms with E-state index in [4.69, 9.17) is 4.74 Å². The molecule has 4 nitrogen and oxygen atoms in total. The van der Waals surface area contributed by atoms with Gasteiger partial charge in [0.25, 0.3) is 0 Å². The van der Waals surface area contributed by atoms with Gasteiger partial charge in [-0.3, -0.25) is 5.32 Å². The molecule has 78 valence electrons. The Hall–Kier alpha value is -0.320. The monoisotopic (exact) mass is 209 g/mol. The van der Waals surface area contributed by atoms with Crippen molar-refractivity contribution in [2.75, 3.05) is 13.2 Å². The third kappa shape index (κ3) is 3.14. The average Bonchev–Trinajstić information content (AvgIpc) is 2.06. The fraction of sp³-hybridized carbons (Fsp3) is 0.875. The Morgan fingerprint density at radius 1 is 1.62 bits per heavy atom. The van der Waals surface area contributed by atoms with Gasteiger partial charge >= 0.3 is 5.97 Å². The summed E-state index contributed by atoms with van der Waals surface area (Å²) in [6.45, 7) is 2.71. The maximum atomic E-state index is 11.2. The van der Waals surface area contributed by atoms with E-state index < -0.39 is 11.7 Å². The lowest BCUT2D eigenvalue weighted by molar-refractivity contribution is -0.171. The van der Waals surface area contributed by atoms with Gasteiger partial charge in [0, 0.05) is 6.42 Å². The van der Waals surface area contributed by atoms with Crippen LogP contribution in [0.1, 0.15) is 26.2 Å². The summed E-state index contributed by atoms with van der Waals surface area (Å²) in [5, 5.41) is 12.4. The molecule has 1 fully saturated rings. The number of piperidine rings is 1. The van der Waals surface area contributed by atoms with Crippen LogP contribution in [0.3, 0.4) is 0 Å². The minimum absolute atomic E-state index is 0. The van der Waals surface area contributed by atoms with Gasteiger partial charge in [-0.2, -0.15) is 0 Å². The lowest BCUT2D eigenvalue weighted by Gasteiger charge is -2.30. The van der Waals surface area contributed by atoms with Crippen molar-refractivity contribution in [1.29, 1.82) is 0 Å². The highest BCUT2D eigenvalue weighted by atomic mass is 35.5. The molecule has 0 saturated carbocycles. The van der Waals surface area contributed by atoms with Gasteiger partial charge in [0.15, 0.2) is 0 Å². The molecule has 0 spiro atoms. The van der Waals surface area contributed by atoms with E-state index in [-0.39, 0.29) is 12.4 Å². The van der Waals surface area contributed by atoms with E-state index >= 15 is 0 Å². The second-order valence-electron chi connectivity index (χ2n) is 2.96. The molecule has 5 heteroatoms. The van der Waals surface area contributed by atoms with E-state index in [1.807, 2.05) is 0 Å². The lowest BCUT2D eigenvalue weighted by atomic mass is 10.0. The molecule has 0 aliphatic carbocycles. The summed E-state index contributed by atoms with van der Waals surface area (Å²) in [5.41, 5.74) is -1.42. The van der Waals surface area contributed by atoms with Gasteiger partial charge in [-0.25, -0.2) is 4.79 Å². The molecule has 0 aromatic carbocycles. The van der Waals surface area contributed by atoms with E-state index in [2.05, 4.69) is 5.32 Å². The number of carbonyl (C=O) groups excluding carboxylic acids is 1. The Morgan fingerprint density at radius 2 is 2.31 bits per heavy atom. The average molecular weight is 210 g/mol. The summed E-state index contributed by atoms with van der Waals surface area (Å²) in [6, 6.07) is 0. The summed E-state index contributed by atoms with van der Waals surface area (Å²) in [4.78, 5) is 11.2. The van der Waals surface area contributed by atoms with Gasteiger partial charge in [0.05, 0.1) is 6.61 Å². The van der Waals surface area contributed by atoms with Crippen molar-refractivity contribution in [3.8, 4) is 0 Å². The van der Waals surface area contributed by atoms with E-state index in [0.29, 0.717) is 19.6 Å². The van der Waals surface area contributed by atoms with Crippen LogP contribution in [0, 0.1) is 0 Å². The first kappa shape index (κ1) is 12.7. The largest absolute Gasteiger partial charge is 0.463 e. The molecule has 2 N–H and O–H groups in total. The first-order valence-corrected chi connectivity index (χ1v) is 4.33. The van der Waals surface area contributed by atoms with Crippen LogP contribution in [0.4, 0.5) is 0 Å². The predicted molar refractivity (Wildman–Crippen MR) is 50.7 cm³/mol. The van der Waals surface area contributed by atoms with Crippen LogP contribution in [-0.4, -0.2) is 30.0 Å². The van der Waals surface area contributed by atoms with Gasteiger partial charge in [-0.15, -0.1) is 12.4 Å². The molecule has 1 aliphatic heterocycles. The number of aliphatic hydroxyl groups is 1. The summed E-state index contributed by atoms with van der Waals surface area (Å²) in [5.74, 6) is -0.551. The van der Waals surface area contributed by atoms with Crippen LogP contribution in [0.2, 0.25) is 0 Å². The third-order valence-electron chi connectivity index (χ3n) is 2.00. The zero-order valence-electron chi connectivity index (χ0n) is 7.71. The van der Waals surface area contributed by atoms with Gasteiger partial charge in [0.2, 0.25) is 5.72 Å². The van der Waals surface area contributed by atoms with E-state index in [0.717, 1.165) is 12.8 Å². The molecule has 1 saturated heterocycles. The van der Waals surface area contributed by atoms with Crippen LogP contribution in [-0.2, 0) is 9.53 Å². The zero-order chi connectivity index (χ0) is 9.03. The Kier molecular flexibility index (Phi) is 5.29. The Labute approximate surface area is 84.1 Å². The van der Waals surface area contributed by atoms with Crippen molar-refractivity contribution in [2.24, 2.45) is 0 Å². The second-order valence-corrected chi connectivity index (χ2v) is 2.96. The number of halogens is 1. The topological polar surface area (TPSA) is 58.6 Å². The van der Waals surface area contributed by atoms with Crippen molar-refractivity contribution in [3.63, 3.8) is 0 Å². The highest BCUT2D eigenvalue weighted by Crippen LogP contribution is 2.17. The van der Waals surface area contributed by atoms with Crippen molar-refractivity contribution < 1.29 is 14.6 Å². The normalized spacial score (nSPS) is 27.5. The predicted octanol–water partition coefficient (Wildman–Crippen LogP) is 0.433. The SMILES string of the molecule is CCOC(=O)C1(O)CCCCN1.Cl. The van der Waals surface area contributed by atoms with Crippen molar-refractivity contribution >= 4 is 18.4 Å². The van der Waals surface area contributed by atoms with E-state index in [1.165, 1.54) is 0 Å². The first-order chi connectivity index (χ1) is 5.69. The molecule has 13 heavy (non-hydrogen) atoms. The van der Waals surface area contributed by atoms with E-state index in [1.54, 1.807) is 6.92 Å². The van der Waals surface area contributed by atoms with Crippen LogP contribution in [0.5, 0.6) is 0 Å². The molecule has 1 aliphatic rings. The van der Waals surface area contributed by atoms with Crippen molar-refractivity contribution in [1.82, 2.24) is 5.32 Å². The number of hydrogen-bond donors (Lipinski definition) is 2. The molecule has 1 atom stereocenters. The quantitative estimate of drug-likeness (QED) is 0.648. The molecule has 0 aromatic heterocycles. The number of nitrogens with one attached hydrogen (secondary N) is 1. The maximum Gasteiger partial charge on any atom is 0.353 e. The summed E-state index contributed by atoms with van der Waals surface area (Å²) in [7, 11) is 0. The molecule has 1 unspecified atom stereocenters. The summed E-state index contributed by atoms with van der Waals surface area (Å²) >= 11 is 0. The summed E-state index contributed by atoms with van der Waals surface area (Å²) in [6.07, 6.45) is 2.32. The number of esters is 1. The molecule has 0 aromatic rings. The zero-order valence-corrected chi connectivity index (χ0v) is 8.52. The number of carbonyl (C=O) groups is 1. The standard InChI is InChI=1S/C8H15NO3.ClH/c1-2-12-7(10)8(11)5-3-4-6-9-8;/h9,11H,2-6H2,1H3;1H. The van der Waals surface area contributed by atoms with Crippen molar-refractivity contribution in [2.45, 2.75) is 31.9 Å². The maximum absolute atomic E-state index is 11.2. The molecule has 0 radical (unpaired) electrons. The van der Waals surface area contributed by atoms with Gasteiger partial charge < -0.3 is 9.84 Å². The van der Waals surface area contributed by atoms with Crippen LogP contribution in [0.25, 0.3) is 0 Å². The van der Waals surface area contributed by atoms with Gasteiger partial charge in [-0.1, -0.05) is 0 Å². The Balaban J connectivity index is 0.00000144. The number of hydrogen-bond acceptors (Lipinski definition) is 4. The van der Waals surface area contributed by atoms with Crippen molar-refractivity contribution in [3.05, 3.63) is 0 Å². The second kappa shape index (κ2) is 5.42. The number of ether oxygens (including phenoxy) is 1. The Morgan fingerprint density at radius 3 is 2.77 bits per heavy atom. The van der Waals surface area contributed by atoms with Crippen LogP contribution in [0.15, 0.2) is 0 Å². The van der Waals surface area contributed by atoms with Crippen LogP contribution >= 0.6 is 12.4 Å². The molecule has 0 amide bonds. The smallest absolute Gasteiger partial charge is 0.353 e. The number of rotatable bonds is 2.